The molecule has 124 valence electrons. The van der Waals surface area contributed by atoms with Crippen LogP contribution >= 0.6 is 0 Å². The molecule has 0 bridgehead atoms. The van der Waals surface area contributed by atoms with Gasteiger partial charge in [0, 0.05) is 38.6 Å². The van der Waals surface area contributed by atoms with Gasteiger partial charge in [0.1, 0.15) is 5.82 Å². The van der Waals surface area contributed by atoms with Gasteiger partial charge in [-0.3, -0.25) is 4.79 Å². The van der Waals surface area contributed by atoms with Crippen molar-refractivity contribution < 1.29 is 14.0 Å². The van der Waals surface area contributed by atoms with Crippen molar-refractivity contribution in [3.8, 4) is 0 Å². The van der Waals surface area contributed by atoms with Crippen LogP contribution in [-0.4, -0.2) is 54.5 Å². The predicted octanol–water partition coefficient (Wildman–Crippen LogP) is 1.80. The standard InChI is InChI=1S/C17H22FN3O2/c1-2-19-17(23)21-9-7-20(8-10-21)16(22)15-11-14(15)12-3-5-13(18)6-4-12/h3-6,14-15H,2,7-11H2,1H3,(H,19,23). The van der Waals surface area contributed by atoms with Crippen LogP contribution in [0.1, 0.15) is 24.8 Å². The summed E-state index contributed by atoms with van der Waals surface area (Å²) in [6.07, 6.45) is 0.834. The molecule has 3 rings (SSSR count). The Labute approximate surface area is 135 Å². The fraction of sp³-hybridized carbons (Fsp3) is 0.529. The molecule has 0 aromatic heterocycles. The van der Waals surface area contributed by atoms with E-state index in [-0.39, 0.29) is 29.6 Å². The Bertz CT molecular complexity index is 582. The van der Waals surface area contributed by atoms with Crippen molar-refractivity contribution in [2.45, 2.75) is 19.3 Å². The van der Waals surface area contributed by atoms with Crippen LogP contribution in [0.15, 0.2) is 24.3 Å². The molecule has 1 saturated heterocycles. The van der Waals surface area contributed by atoms with Crippen LogP contribution in [-0.2, 0) is 4.79 Å². The molecule has 1 aromatic carbocycles. The summed E-state index contributed by atoms with van der Waals surface area (Å²) in [5.74, 6) is 0.134. The van der Waals surface area contributed by atoms with E-state index in [1.165, 1.54) is 12.1 Å². The summed E-state index contributed by atoms with van der Waals surface area (Å²) < 4.78 is 13.0. The summed E-state index contributed by atoms with van der Waals surface area (Å²) in [5.41, 5.74) is 1.03. The zero-order valence-corrected chi connectivity index (χ0v) is 13.3. The lowest BCUT2D eigenvalue weighted by Crippen LogP contribution is -2.53. The van der Waals surface area contributed by atoms with E-state index in [1.54, 1.807) is 17.0 Å². The number of rotatable bonds is 3. The molecular formula is C17H22FN3O2. The second-order valence-electron chi connectivity index (χ2n) is 6.15. The van der Waals surface area contributed by atoms with Gasteiger partial charge in [0.15, 0.2) is 0 Å². The monoisotopic (exact) mass is 319 g/mol. The number of carbonyl (C=O) groups excluding carboxylic acids is 2. The van der Waals surface area contributed by atoms with Gasteiger partial charge in [-0.05, 0) is 37.0 Å². The SMILES string of the molecule is CCNC(=O)N1CCN(C(=O)C2CC2c2ccc(F)cc2)CC1. The normalized spacial score (nSPS) is 23.6. The highest BCUT2D eigenvalue weighted by Gasteiger charge is 2.46. The zero-order chi connectivity index (χ0) is 16.4. The van der Waals surface area contributed by atoms with Crippen molar-refractivity contribution in [3.05, 3.63) is 35.6 Å². The third-order valence-electron chi connectivity index (χ3n) is 4.61. The number of nitrogens with zero attached hydrogens (tertiary/aromatic N) is 2. The highest BCUT2D eigenvalue weighted by Crippen LogP contribution is 2.48. The molecule has 2 atom stereocenters. The van der Waals surface area contributed by atoms with Gasteiger partial charge in [0.05, 0.1) is 0 Å². The number of hydrogen-bond donors (Lipinski definition) is 1. The third-order valence-corrected chi connectivity index (χ3v) is 4.61. The molecule has 2 unspecified atom stereocenters. The maximum atomic E-state index is 13.0. The molecule has 1 heterocycles. The summed E-state index contributed by atoms with van der Waals surface area (Å²) in [5, 5.41) is 2.78. The summed E-state index contributed by atoms with van der Waals surface area (Å²) in [4.78, 5) is 27.9. The number of amides is 3. The van der Waals surface area contributed by atoms with Crippen molar-refractivity contribution >= 4 is 11.9 Å². The van der Waals surface area contributed by atoms with Gasteiger partial charge in [-0.15, -0.1) is 0 Å². The van der Waals surface area contributed by atoms with Gasteiger partial charge in [0.2, 0.25) is 5.91 Å². The first kappa shape index (κ1) is 15.8. The molecule has 1 saturated carbocycles. The fourth-order valence-electron chi connectivity index (χ4n) is 3.17. The molecule has 2 fully saturated rings. The highest BCUT2D eigenvalue weighted by molar-refractivity contribution is 5.83. The van der Waals surface area contributed by atoms with Gasteiger partial charge < -0.3 is 15.1 Å². The second kappa shape index (κ2) is 6.56. The number of benzene rings is 1. The maximum Gasteiger partial charge on any atom is 0.317 e. The minimum atomic E-state index is -0.251. The minimum absolute atomic E-state index is 0.0106. The van der Waals surface area contributed by atoms with E-state index in [1.807, 2.05) is 11.8 Å². The number of carbonyl (C=O) groups is 2. The van der Waals surface area contributed by atoms with Crippen molar-refractivity contribution in [2.24, 2.45) is 5.92 Å². The quantitative estimate of drug-likeness (QED) is 0.924. The van der Waals surface area contributed by atoms with Crippen LogP contribution in [0.3, 0.4) is 0 Å². The predicted molar refractivity (Wildman–Crippen MR) is 84.5 cm³/mol. The molecule has 1 aliphatic heterocycles. The third kappa shape index (κ3) is 3.46. The molecule has 5 nitrogen and oxygen atoms in total. The maximum absolute atomic E-state index is 13.0. The molecule has 0 spiro atoms. The Kier molecular flexibility index (Phi) is 4.50. The Morgan fingerprint density at radius 3 is 2.35 bits per heavy atom. The van der Waals surface area contributed by atoms with Crippen LogP contribution in [0.5, 0.6) is 0 Å². The first-order chi connectivity index (χ1) is 11.1. The molecule has 3 amide bonds. The average molecular weight is 319 g/mol. The number of piperazine rings is 1. The number of nitrogens with one attached hydrogen (secondary N) is 1. The number of halogens is 1. The van der Waals surface area contributed by atoms with Crippen LogP contribution < -0.4 is 5.32 Å². The molecule has 1 aromatic rings. The van der Waals surface area contributed by atoms with Crippen molar-refractivity contribution in [3.63, 3.8) is 0 Å². The van der Waals surface area contributed by atoms with Crippen molar-refractivity contribution in [2.75, 3.05) is 32.7 Å². The lowest BCUT2D eigenvalue weighted by Gasteiger charge is -2.34. The van der Waals surface area contributed by atoms with Crippen LogP contribution in [0.25, 0.3) is 0 Å². The van der Waals surface area contributed by atoms with Gasteiger partial charge in [-0.2, -0.15) is 0 Å². The van der Waals surface area contributed by atoms with E-state index in [0.29, 0.717) is 32.7 Å². The van der Waals surface area contributed by atoms with E-state index in [0.717, 1.165) is 12.0 Å². The van der Waals surface area contributed by atoms with Crippen molar-refractivity contribution in [1.82, 2.24) is 15.1 Å². The minimum Gasteiger partial charge on any atom is -0.339 e. The summed E-state index contributed by atoms with van der Waals surface area (Å²) in [6, 6.07) is 6.36. The molecule has 23 heavy (non-hydrogen) atoms. The van der Waals surface area contributed by atoms with E-state index >= 15 is 0 Å². The van der Waals surface area contributed by atoms with E-state index < -0.39 is 0 Å². The molecule has 1 N–H and O–H groups in total. The number of hydrogen-bond acceptors (Lipinski definition) is 2. The van der Waals surface area contributed by atoms with Crippen LogP contribution in [0, 0.1) is 11.7 Å². The van der Waals surface area contributed by atoms with Gasteiger partial charge in [0.25, 0.3) is 0 Å². The largest absolute Gasteiger partial charge is 0.339 e. The Morgan fingerprint density at radius 2 is 1.74 bits per heavy atom. The molecule has 2 aliphatic rings. The van der Waals surface area contributed by atoms with E-state index in [9.17, 15) is 14.0 Å². The van der Waals surface area contributed by atoms with E-state index in [2.05, 4.69) is 5.32 Å². The molecular weight excluding hydrogens is 297 g/mol. The summed E-state index contributed by atoms with van der Waals surface area (Å²) >= 11 is 0. The molecule has 6 heteroatoms. The summed E-state index contributed by atoms with van der Waals surface area (Å²) in [6.45, 7) is 4.82. The van der Waals surface area contributed by atoms with Crippen molar-refractivity contribution in [1.29, 1.82) is 0 Å². The van der Waals surface area contributed by atoms with Gasteiger partial charge in [-0.25, -0.2) is 9.18 Å². The van der Waals surface area contributed by atoms with Crippen LogP contribution in [0.4, 0.5) is 9.18 Å². The molecule has 1 aliphatic carbocycles. The fourth-order valence-corrected chi connectivity index (χ4v) is 3.17. The van der Waals surface area contributed by atoms with Gasteiger partial charge >= 0.3 is 6.03 Å². The highest BCUT2D eigenvalue weighted by atomic mass is 19.1. The topological polar surface area (TPSA) is 52.7 Å². The second-order valence-corrected chi connectivity index (χ2v) is 6.15. The lowest BCUT2D eigenvalue weighted by atomic mass is 10.1. The number of urea groups is 1. The van der Waals surface area contributed by atoms with Gasteiger partial charge in [-0.1, -0.05) is 12.1 Å². The average Bonchev–Trinajstić information content (AvgIpc) is 3.36. The first-order valence-corrected chi connectivity index (χ1v) is 8.17. The Hall–Kier alpha value is -2.11. The molecule has 0 radical (unpaired) electrons. The Morgan fingerprint density at radius 1 is 1.13 bits per heavy atom. The lowest BCUT2D eigenvalue weighted by molar-refractivity contribution is -0.134. The first-order valence-electron chi connectivity index (χ1n) is 8.17. The van der Waals surface area contributed by atoms with Crippen LogP contribution in [0.2, 0.25) is 0 Å². The Balaban J connectivity index is 1.51. The zero-order valence-electron chi connectivity index (χ0n) is 13.3. The summed E-state index contributed by atoms with van der Waals surface area (Å²) in [7, 11) is 0. The van der Waals surface area contributed by atoms with E-state index in [4.69, 9.17) is 0 Å². The smallest absolute Gasteiger partial charge is 0.317 e.